The molecule has 0 aliphatic rings. The first-order valence-corrected chi connectivity index (χ1v) is 8.92. The van der Waals surface area contributed by atoms with Crippen LogP contribution in [0.4, 0.5) is 5.82 Å². The van der Waals surface area contributed by atoms with Crippen LogP contribution in [0, 0.1) is 6.92 Å². The van der Waals surface area contributed by atoms with Crippen LogP contribution in [-0.4, -0.2) is 30.9 Å². The Labute approximate surface area is 160 Å². The Morgan fingerprint density at radius 3 is 2.71 bits per heavy atom. The van der Waals surface area contributed by atoms with Gasteiger partial charge in [-0.1, -0.05) is 36.4 Å². The van der Waals surface area contributed by atoms with Crippen LogP contribution in [0.25, 0.3) is 27.6 Å². The van der Waals surface area contributed by atoms with E-state index in [4.69, 9.17) is 0 Å². The van der Waals surface area contributed by atoms with Crippen LogP contribution < -0.4 is 5.43 Å². The topological polar surface area (TPSA) is 83.8 Å². The molecule has 7 nitrogen and oxygen atoms in total. The van der Waals surface area contributed by atoms with Gasteiger partial charge in [0.1, 0.15) is 6.33 Å². The Bertz CT molecular complexity index is 1300. The molecule has 0 spiro atoms. The van der Waals surface area contributed by atoms with Gasteiger partial charge in [-0.25, -0.2) is 14.6 Å². The molecule has 2 aromatic carbocycles. The molecule has 3 heterocycles. The van der Waals surface area contributed by atoms with Gasteiger partial charge < -0.3 is 4.98 Å². The molecule has 0 aliphatic heterocycles. The summed E-state index contributed by atoms with van der Waals surface area (Å²) in [4.78, 5) is 12.1. The standard InChI is InChI=1S/C21H17N7/c1-14-17(16-9-5-6-10-19(16)26-14)11-24-27-20-18-12-25-28(21(18)23-13-22-20)15-7-3-2-4-8-15/h2-13,26H,1H3,(H,22,23,27). The lowest BCUT2D eigenvalue weighted by Gasteiger charge is -2.03. The normalized spacial score (nSPS) is 11.6. The summed E-state index contributed by atoms with van der Waals surface area (Å²) in [5.41, 5.74) is 7.91. The molecule has 5 aromatic rings. The van der Waals surface area contributed by atoms with E-state index < -0.39 is 0 Å². The summed E-state index contributed by atoms with van der Waals surface area (Å²) in [5, 5.41) is 10.8. The molecule has 2 N–H and O–H groups in total. The number of nitrogens with one attached hydrogen (secondary N) is 2. The zero-order chi connectivity index (χ0) is 18.9. The molecule has 0 unspecified atom stereocenters. The van der Waals surface area contributed by atoms with Gasteiger partial charge in [0.2, 0.25) is 0 Å². The fourth-order valence-electron chi connectivity index (χ4n) is 3.31. The maximum Gasteiger partial charge on any atom is 0.168 e. The van der Waals surface area contributed by atoms with E-state index in [9.17, 15) is 0 Å². The number of hydrogen-bond donors (Lipinski definition) is 2. The van der Waals surface area contributed by atoms with E-state index in [0.29, 0.717) is 5.82 Å². The minimum atomic E-state index is 0.612. The van der Waals surface area contributed by atoms with Gasteiger partial charge in [-0.05, 0) is 25.1 Å². The first kappa shape index (κ1) is 16.2. The van der Waals surface area contributed by atoms with Crippen LogP contribution in [-0.2, 0) is 0 Å². The molecule has 0 saturated carbocycles. The van der Waals surface area contributed by atoms with Crippen molar-refractivity contribution >= 4 is 34.0 Å². The number of aromatic nitrogens is 5. The monoisotopic (exact) mass is 367 g/mol. The molecule has 0 atom stereocenters. The number of hydrogen-bond acceptors (Lipinski definition) is 5. The quantitative estimate of drug-likeness (QED) is 0.371. The van der Waals surface area contributed by atoms with Gasteiger partial charge in [0.15, 0.2) is 11.5 Å². The minimum Gasteiger partial charge on any atom is -0.358 e. The maximum atomic E-state index is 4.46. The van der Waals surface area contributed by atoms with Gasteiger partial charge in [0, 0.05) is 22.2 Å². The first-order chi connectivity index (χ1) is 13.8. The minimum absolute atomic E-state index is 0.612. The highest BCUT2D eigenvalue weighted by atomic mass is 15.3. The second kappa shape index (κ2) is 6.62. The number of fused-ring (bicyclic) bond motifs is 2. The van der Waals surface area contributed by atoms with Crippen molar-refractivity contribution in [3.05, 3.63) is 78.4 Å². The highest BCUT2D eigenvalue weighted by Gasteiger charge is 2.11. The number of anilines is 1. The first-order valence-electron chi connectivity index (χ1n) is 8.92. The SMILES string of the molecule is Cc1[nH]c2ccccc2c1C=NNc1ncnc2c1cnn2-c1ccccc1. The van der Waals surface area contributed by atoms with Crippen LogP contribution in [0.3, 0.4) is 0 Å². The van der Waals surface area contributed by atoms with E-state index in [1.807, 2.05) is 55.6 Å². The van der Waals surface area contributed by atoms with Gasteiger partial charge in [0.25, 0.3) is 0 Å². The average Bonchev–Trinajstić information content (AvgIpc) is 3.30. The van der Waals surface area contributed by atoms with Crippen molar-refractivity contribution in [1.29, 1.82) is 0 Å². The second-order valence-electron chi connectivity index (χ2n) is 6.43. The van der Waals surface area contributed by atoms with Crippen molar-refractivity contribution in [2.24, 2.45) is 5.10 Å². The van der Waals surface area contributed by atoms with Crippen LogP contribution in [0.15, 0.2) is 72.2 Å². The number of aromatic amines is 1. The van der Waals surface area contributed by atoms with Crippen molar-refractivity contribution in [3.8, 4) is 5.69 Å². The largest absolute Gasteiger partial charge is 0.358 e. The highest BCUT2D eigenvalue weighted by Crippen LogP contribution is 2.22. The number of hydrazone groups is 1. The average molecular weight is 367 g/mol. The predicted molar refractivity (Wildman–Crippen MR) is 111 cm³/mol. The third-order valence-corrected chi connectivity index (χ3v) is 4.67. The number of nitrogens with zero attached hydrogens (tertiary/aromatic N) is 5. The lowest BCUT2D eigenvalue weighted by atomic mass is 10.1. The van der Waals surface area contributed by atoms with Crippen molar-refractivity contribution in [2.45, 2.75) is 6.92 Å². The molecule has 0 fully saturated rings. The van der Waals surface area contributed by atoms with Crippen molar-refractivity contribution in [2.75, 3.05) is 5.43 Å². The van der Waals surface area contributed by atoms with Crippen LogP contribution >= 0.6 is 0 Å². The Morgan fingerprint density at radius 2 is 1.82 bits per heavy atom. The van der Waals surface area contributed by atoms with Gasteiger partial charge in [-0.2, -0.15) is 10.2 Å². The van der Waals surface area contributed by atoms with Crippen LogP contribution in [0.1, 0.15) is 11.3 Å². The molecule has 0 radical (unpaired) electrons. The number of aryl methyl sites for hydroxylation is 1. The molecule has 0 bridgehead atoms. The summed E-state index contributed by atoms with van der Waals surface area (Å²) in [6, 6.07) is 18.0. The smallest absolute Gasteiger partial charge is 0.168 e. The zero-order valence-corrected chi connectivity index (χ0v) is 15.2. The molecular formula is C21H17N7. The van der Waals surface area contributed by atoms with Gasteiger partial charge in [-0.15, -0.1) is 0 Å². The van der Waals surface area contributed by atoms with Crippen molar-refractivity contribution in [1.82, 2.24) is 24.7 Å². The Kier molecular flexibility index (Phi) is 3.83. The molecule has 28 heavy (non-hydrogen) atoms. The Balaban J connectivity index is 1.48. The zero-order valence-electron chi connectivity index (χ0n) is 15.2. The molecule has 0 aliphatic carbocycles. The lowest BCUT2D eigenvalue weighted by Crippen LogP contribution is -1.99. The molecule has 0 amide bonds. The van der Waals surface area contributed by atoms with E-state index in [1.165, 1.54) is 6.33 Å². The van der Waals surface area contributed by atoms with Gasteiger partial charge in [-0.3, -0.25) is 5.43 Å². The van der Waals surface area contributed by atoms with E-state index in [0.717, 1.165) is 38.9 Å². The summed E-state index contributed by atoms with van der Waals surface area (Å²) in [6.45, 7) is 2.04. The van der Waals surface area contributed by atoms with Crippen LogP contribution in [0.2, 0.25) is 0 Å². The van der Waals surface area contributed by atoms with Gasteiger partial charge in [0.05, 0.1) is 23.5 Å². The lowest BCUT2D eigenvalue weighted by molar-refractivity contribution is 0.895. The molecule has 136 valence electrons. The Hall–Kier alpha value is -4.00. The van der Waals surface area contributed by atoms with E-state index >= 15 is 0 Å². The molecule has 7 heteroatoms. The van der Waals surface area contributed by atoms with Crippen molar-refractivity contribution < 1.29 is 0 Å². The van der Waals surface area contributed by atoms with Crippen molar-refractivity contribution in [3.63, 3.8) is 0 Å². The number of para-hydroxylation sites is 2. The van der Waals surface area contributed by atoms with E-state index in [2.05, 4.69) is 42.7 Å². The number of H-pyrrole nitrogens is 1. The molecule has 5 rings (SSSR count). The third-order valence-electron chi connectivity index (χ3n) is 4.67. The van der Waals surface area contributed by atoms with Gasteiger partial charge >= 0.3 is 0 Å². The van der Waals surface area contributed by atoms with E-state index in [1.54, 1.807) is 10.9 Å². The predicted octanol–water partition coefficient (Wildman–Crippen LogP) is 4.05. The summed E-state index contributed by atoms with van der Waals surface area (Å²) in [7, 11) is 0. The fourth-order valence-corrected chi connectivity index (χ4v) is 3.31. The molecule has 3 aromatic heterocycles. The molecule has 0 saturated heterocycles. The summed E-state index contributed by atoms with van der Waals surface area (Å²) in [5.74, 6) is 0.612. The molecular weight excluding hydrogens is 350 g/mol. The maximum absolute atomic E-state index is 4.46. The third kappa shape index (κ3) is 2.69. The number of rotatable bonds is 4. The van der Waals surface area contributed by atoms with Crippen LogP contribution in [0.5, 0.6) is 0 Å². The summed E-state index contributed by atoms with van der Waals surface area (Å²) < 4.78 is 1.79. The highest BCUT2D eigenvalue weighted by molar-refractivity contribution is 6.01. The Morgan fingerprint density at radius 1 is 1.00 bits per heavy atom. The second-order valence-corrected chi connectivity index (χ2v) is 6.43. The summed E-state index contributed by atoms with van der Waals surface area (Å²) >= 11 is 0. The van der Waals surface area contributed by atoms with E-state index in [-0.39, 0.29) is 0 Å². The summed E-state index contributed by atoms with van der Waals surface area (Å²) in [6.07, 6.45) is 5.07. The fraction of sp³-hybridized carbons (Fsp3) is 0.0476. The number of benzene rings is 2.